The van der Waals surface area contributed by atoms with E-state index in [9.17, 15) is 18.0 Å². The number of imidazole rings is 1. The number of rotatable bonds is 1. The number of benzene rings is 2. The maximum atomic E-state index is 15.2. The molecular weight excluding hydrogens is 466 g/mol. The topological polar surface area (TPSA) is 85.8 Å². The van der Waals surface area contributed by atoms with E-state index in [4.69, 9.17) is 10.5 Å². The highest BCUT2D eigenvalue weighted by atomic mass is 19.4. The van der Waals surface area contributed by atoms with Gasteiger partial charge in [-0.15, -0.1) is 0 Å². The van der Waals surface area contributed by atoms with E-state index in [1.54, 1.807) is 4.40 Å². The van der Waals surface area contributed by atoms with E-state index in [0.717, 1.165) is 18.2 Å². The fourth-order valence-corrected chi connectivity index (χ4v) is 5.18. The van der Waals surface area contributed by atoms with Crippen LogP contribution in [0.5, 0.6) is 5.75 Å². The molecule has 4 heterocycles. The number of nitrogens with zero attached hydrogens (tertiary/aromatic N) is 4. The van der Waals surface area contributed by atoms with Crippen molar-refractivity contribution >= 4 is 28.3 Å². The standard InChI is InChI=1S/C24H19F4N5O2/c1-11-2-5-19-21(13-4-3-12(24(26,27)28)6-20(13)35-19)33(11)23(34)14-7-17-16(8-15(14)25)31-22(29)18-9-30-10-32(17)18/h3-4,6-11,19,21H,2,5H2,1H3,(H2,29,31). The molecule has 0 radical (unpaired) electrons. The van der Waals surface area contributed by atoms with Gasteiger partial charge in [-0.1, -0.05) is 6.07 Å². The maximum Gasteiger partial charge on any atom is 0.416 e. The van der Waals surface area contributed by atoms with E-state index in [2.05, 4.69) is 9.97 Å². The zero-order valence-electron chi connectivity index (χ0n) is 18.4. The number of hydrogen-bond donors (Lipinski definition) is 1. The van der Waals surface area contributed by atoms with Gasteiger partial charge < -0.3 is 15.4 Å². The fraction of sp³-hybridized carbons (Fsp3) is 0.292. The van der Waals surface area contributed by atoms with Crippen molar-refractivity contribution in [3.63, 3.8) is 0 Å². The molecule has 2 aromatic heterocycles. The highest BCUT2D eigenvalue weighted by Crippen LogP contribution is 2.48. The first kappa shape index (κ1) is 21.6. The molecule has 2 aromatic carbocycles. The number of anilines is 1. The monoisotopic (exact) mass is 485 g/mol. The lowest BCUT2D eigenvalue weighted by molar-refractivity contribution is -0.137. The second kappa shape index (κ2) is 7.30. The minimum Gasteiger partial charge on any atom is -0.488 e. The molecule has 1 fully saturated rings. The largest absolute Gasteiger partial charge is 0.488 e. The molecule has 0 bridgehead atoms. The molecule has 2 aliphatic heterocycles. The molecule has 0 aliphatic carbocycles. The molecule has 4 aromatic rings. The number of ether oxygens (including phenoxy) is 1. The molecule has 0 saturated carbocycles. The number of amides is 1. The summed E-state index contributed by atoms with van der Waals surface area (Å²) in [6, 6.07) is 4.94. The van der Waals surface area contributed by atoms with Gasteiger partial charge in [0, 0.05) is 17.7 Å². The third kappa shape index (κ3) is 3.21. The van der Waals surface area contributed by atoms with Gasteiger partial charge in [-0.05, 0) is 38.0 Å². The highest BCUT2D eigenvalue weighted by molar-refractivity contribution is 5.99. The Morgan fingerprint density at radius 1 is 1.17 bits per heavy atom. The van der Waals surface area contributed by atoms with E-state index < -0.39 is 35.6 Å². The van der Waals surface area contributed by atoms with Crippen molar-refractivity contribution in [1.82, 2.24) is 19.3 Å². The van der Waals surface area contributed by atoms with Crippen LogP contribution in [0.25, 0.3) is 16.6 Å². The zero-order valence-corrected chi connectivity index (χ0v) is 18.4. The molecule has 180 valence electrons. The summed E-state index contributed by atoms with van der Waals surface area (Å²) in [6.45, 7) is 1.84. The van der Waals surface area contributed by atoms with Crippen molar-refractivity contribution in [2.75, 3.05) is 5.73 Å². The second-order valence-corrected chi connectivity index (χ2v) is 8.96. The van der Waals surface area contributed by atoms with Crippen molar-refractivity contribution in [2.24, 2.45) is 0 Å². The number of nitrogen functional groups attached to an aromatic ring is 1. The average molecular weight is 485 g/mol. The molecule has 2 aliphatic rings. The third-order valence-corrected chi connectivity index (χ3v) is 6.86. The first-order valence-corrected chi connectivity index (χ1v) is 11.0. The van der Waals surface area contributed by atoms with Gasteiger partial charge in [-0.3, -0.25) is 9.20 Å². The molecule has 3 atom stereocenters. The molecule has 7 nitrogen and oxygen atoms in total. The normalized spacial score (nSPS) is 21.7. The van der Waals surface area contributed by atoms with Crippen molar-refractivity contribution < 1.29 is 27.1 Å². The van der Waals surface area contributed by atoms with Gasteiger partial charge in [0.25, 0.3) is 5.91 Å². The Hall–Kier alpha value is -3.89. The molecule has 1 amide bonds. The Morgan fingerprint density at radius 2 is 1.97 bits per heavy atom. The Kier molecular flexibility index (Phi) is 4.51. The smallest absolute Gasteiger partial charge is 0.416 e. The summed E-state index contributed by atoms with van der Waals surface area (Å²) in [6.07, 6.45) is -0.887. The number of likely N-dealkylation sites (tertiary alicyclic amines) is 1. The van der Waals surface area contributed by atoms with Crippen molar-refractivity contribution in [2.45, 2.75) is 44.1 Å². The van der Waals surface area contributed by atoms with Gasteiger partial charge in [-0.25, -0.2) is 14.4 Å². The lowest BCUT2D eigenvalue weighted by Gasteiger charge is -2.41. The lowest BCUT2D eigenvalue weighted by Crippen LogP contribution is -2.49. The predicted octanol–water partition coefficient (Wildman–Crippen LogP) is 4.75. The van der Waals surface area contributed by atoms with Crippen LogP contribution in [0.4, 0.5) is 23.4 Å². The van der Waals surface area contributed by atoms with E-state index in [-0.39, 0.29) is 28.7 Å². The average Bonchev–Trinajstić information content (AvgIpc) is 3.43. The van der Waals surface area contributed by atoms with Crippen molar-refractivity contribution in [3.05, 3.63) is 65.4 Å². The summed E-state index contributed by atoms with van der Waals surface area (Å²) in [5.74, 6) is -1.07. The van der Waals surface area contributed by atoms with E-state index in [1.165, 1.54) is 29.6 Å². The summed E-state index contributed by atoms with van der Waals surface area (Å²) in [5.41, 5.74) is 6.66. The van der Waals surface area contributed by atoms with Crippen LogP contribution in [0.3, 0.4) is 0 Å². The molecule has 35 heavy (non-hydrogen) atoms. The minimum absolute atomic E-state index is 0.0977. The van der Waals surface area contributed by atoms with Gasteiger partial charge in [0.1, 0.15) is 29.0 Å². The van der Waals surface area contributed by atoms with Crippen LogP contribution in [0.1, 0.15) is 47.3 Å². The van der Waals surface area contributed by atoms with Crippen molar-refractivity contribution in [3.8, 4) is 5.75 Å². The number of aromatic nitrogens is 3. The van der Waals surface area contributed by atoms with Crippen LogP contribution >= 0.6 is 0 Å². The number of piperidine rings is 1. The number of carbonyl (C=O) groups is 1. The van der Waals surface area contributed by atoms with Gasteiger partial charge in [0.2, 0.25) is 0 Å². The Labute approximate surface area is 196 Å². The number of halogens is 4. The molecule has 0 spiro atoms. The van der Waals surface area contributed by atoms with Crippen molar-refractivity contribution in [1.29, 1.82) is 0 Å². The fourth-order valence-electron chi connectivity index (χ4n) is 5.18. The lowest BCUT2D eigenvalue weighted by atomic mass is 9.89. The summed E-state index contributed by atoms with van der Waals surface area (Å²) < 4.78 is 62.4. The molecule has 3 unspecified atom stereocenters. The molecular formula is C24H19F4N5O2. The van der Waals surface area contributed by atoms with Crippen LogP contribution in [-0.2, 0) is 6.18 Å². The van der Waals surface area contributed by atoms with Gasteiger partial charge >= 0.3 is 6.18 Å². The van der Waals surface area contributed by atoms with Gasteiger partial charge in [0.05, 0.1) is 40.7 Å². The summed E-state index contributed by atoms with van der Waals surface area (Å²) >= 11 is 0. The van der Waals surface area contributed by atoms with E-state index in [0.29, 0.717) is 29.4 Å². The Bertz CT molecular complexity index is 1520. The Balaban J connectivity index is 1.46. The maximum absolute atomic E-state index is 15.2. The predicted molar refractivity (Wildman–Crippen MR) is 118 cm³/mol. The number of fused-ring (bicyclic) bond motifs is 6. The second-order valence-electron chi connectivity index (χ2n) is 8.96. The number of carbonyl (C=O) groups excluding carboxylic acids is 1. The molecule has 1 saturated heterocycles. The number of hydrogen-bond acceptors (Lipinski definition) is 5. The molecule has 2 N–H and O–H groups in total. The van der Waals surface area contributed by atoms with Crippen LogP contribution < -0.4 is 10.5 Å². The van der Waals surface area contributed by atoms with Gasteiger partial charge in [0.15, 0.2) is 0 Å². The highest BCUT2D eigenvalue weighted by Gasteiger charge is 2.47. The minimum atomic E-state index is -4.51. The molecule has 11 heteroatoms. The first-order valence-electron chi connectivity index (χ1n) is 11.0. The van der Waals surface area contributed by atoms with Crippen LogP contribution in [0.2, 0.25) is 0 Å². The van der Waals surface area contributed by atoms with Gasteiger partial charge in [-0.2, -0.15) is 13.2 Å². The Morgan fingerprint density at radius 3 is 2.74 bits per heavy atom. The zero-order chi connectivity index (χ0) is 24.6. The first-order chi connectivity index (χ1) is 16.6. The van der Waals surface area contributed by atoms with Crippen LogP contribution in [0.15, 0.2) is 42.9 Å². The summed E-state index contributed by atoms with van der Waals surface area (Å²) in [4.78, 5) is 23.6. The number of alkyl halides is 3. The van der Waals surface area contributed by atoms with Crippen LogP contribution in [-0.4, -0.2) is 37.3 Å². The SMILES string of the molecule is CC1CCC2Oc3cc(C(F)(F)F)ccc3C2N1C(=O)c1cc2c(cc1F)nc(N)c1cncn12. The molecule has 6 rings (SSSR count). The number of nitrogens with two attached hydrogens (primary N) is 1. The quantitative estimate of drug-likeness (QED) is 0.394. The third-order valence-electron chi connectivity index (χ3n) is 6.86. The summed E-state index contributed by atoms with van der Waals surface area (Å²) in [7, 11) is 0. The summed E-state index contributed by atoms with van der Waals surface area (Å²) in [5, 5.41) is 0. The van der Waals surface area contributed by atoms with E-state index in [1.807, 2.05) is 6.92 Å². The van der Waals surface area contributed by atoms with Crippen LogP contribution in [0, 0.1) is 5.82 Å². The van der Waals surface area contributed by atoms with E-state index >= 15 is 4.39 Å².